The van der Waals surface area contributed by atoms with E-state index in [2.05, 4.69) is 4.99 Å². The second-order valence-electron chi connectivity index (χ2n) is 1.95. The van der Waals surface area contributed by atoms with E-state index in [0.717, 1.165) is 0 Å². The summed E-state index contributed by atoms with van der Waals surface area (Å²) in [7, 11) is -2.83. The predicted octanol–water partition coefficient (Wildman–Crippen LogP) is -0.881. The molecule has 1 aliphatic heterocycles. The molecule has 0 aliphatic carbocycles. The molecule has 0 N–H and O–H groups in total. The zero-order valence-corrected chi connectivity index (χ0v) is 5.39. The maximum Gasteiger partial charge on any atom is 0.235 e. The van der Waals surface area contributed by atoms with Crippen LogP contribution in [0.2, 0.25) is 0 Å². The van der Waals surface area contributed by atoms with Gasteiger partial charge in [0, 0.05) is 0 Å². The highest BCUT2D eigenvalue weighted by Crippen LogP contribution is 2.12. The normalized spacial score (nSPS) is 24.0. The van der Waals surface area contributed by atoms with E-state index in [1.165, 1.54) is 6.08 Å². The van der Waals surface area contributed by atoms with Crippen molar-refractivity contribution in [2.45, 2.75) is 6.04 Å². The average molecular weight is 147 g/mol. The average Bonchev–Trinajstić information content (AvgIpc) is 1.62. The van der Waals surface area contributed by atoms with Crippen LogP contribution in [0.5, 0.6) is 0 Å². The molecule has 1 rings (SSSR count). The maximum atomic E-state index is 10.4. The summed E-state index contributed by atoms with van der Waals surface area (Å²) in [5.74, 6) is 0.0322. The van der Waals surface area contributed by atoms with Crippen LogP contribution < -0.4 is 0 Å². The van der Waals surface area contributed by atoms with Gasteiger partial charge in [-0.25, -0.2) is 18.2 Å². The first-order valence-electron chi connectivity index (χ1n) is 2.41. The Kier molecular flexibility index (Phi) is 1.38. The predicted molar refractivity (Wildman–Crippen MR) is 30.6 cm³/mol. The Morgan fingerprint density at radius 2 is 2.00 bits per heavy atom. The van der Waals surface area contributed by atoms with Crippen LogP contribution in [-0.2, 0) is 14.6 Å². The molecule has 1 saturated heterocycles. The van der Waals surface area contributed by atoms with Crippen molar-refractivity contribution in [1.82, 2.24) is 0 Å². The molecule has 0 aromatic carbocycles. The molecule has 0 aromatic rings. The van der Waals surface area contributed by atoms with E-state index in [-0.39, 0.29) is 17.5 Å². The molecule has 0 atom stereocenters. The van der Waals surface area contributed by atoms with Crippen molar-refractivity contribution >= 4 is 15.9 Å². The van der Waals surface area contributed by atoms with E-state index in [9.17, 15) is 13.2 Å². The first-order valence-corrected chi connectivity index (χ1v) is 4.23. The number of hydrogen-bond acceptors (Lipinski definition) is 4. The van der Waals surface area contributed by atoms with Crippen molar-refractivity contribution in [3.63, 3.8) is 0 Å². The molecule has 50 valence electrons. The Balaban J connectivity index is 2.54. The van der Waals surface area contributed by atoms with Crippen LogP contribution in [0.15, 0.2) is 4.99 Å². The minimum Gasteiger partial charge on any atom is -0.229 e. The fraction of sp³-hybridized carbons (Fsp3) is 0.750. The van der Waals surface area contributed by atoms with Crippen LogP contribution in [0.3, 0.4) is 0 Å². The lowest BCUT2D eigenvalue weighted by molar-refractivity contribution is 0.549. The van der Waals surface area contributed by atoms with Crippen LogP contribution in [0.25, 0.3) is 0 Å². The van der Waals surface area contributed by atoms with Gasteiger partial charge in [0.05, 0.1) is 17.5 Å². The molecule has 0 aromatic heterocycles. The molecule has 0 unspecified atom stereocenters. The molecule has 0 spiro atoms. The number of hydrogen-bond donors (Lipinski definition) is 0. The summed E-state index contributed by atoms with van der Waals surface area (Å²) in [5, 5.41) is 0. The quantitative estimate of drug-likeness (QED) is 0.357. The summed E-state index contributed by atoms with van der Waals surface area (Å²) in [6.45, 7) is 0. The molecule has 4 nitrogen and oxygen atoms in total. The summed E-state index contributed by atoms with van der Waals surface area (Å²) in [5.41, 5.74) is 0. The molecular weight excluding hydrogens is 142 g/mol. The fourth-order valence-corrected chi connectivity index (χ4v) is 1.91. The third kappa shape index (κ3) is 1.37. The highest BCUT2D eigenvalue weighted by atomic mass is 32.2. The fourth-order valence-electron chi connectivity index (χ4n) is 0.686. The van der Waals surface area contributed by atoms with Crippen LogP contribution >= 0.6 is 0 Å². The van der Waals surface area contributed by atoms with E-state index in [0.29, 0.717) is 0 Å². The zero-order chi connectivity index (χ0) is 6.91. The maximum absolute atomic E-state index is 10.4. The van der Waals surface area contributed by atoms with Gasteiger partial charge < -0.3 is 0 Å². The number of sulfone groups is 1. The van der Waals surface area contributed by atoms with Crippen molar-refractivity contribution < 1.29 is 13.2 Å². The molecule has 0 amide bonds. The van der Waals surface area contributed by atoms with Gasteiger partial charge in [-0.05, 0) is 0 Å². The minimum atomic E-state index is -2.83. The van der Waals surface area contributed by atoms with Gasteiger partial charge >= 0.3 is 0 Å². The van der Waals surface area contributed by atoms with Crippen LogP contribution in [-0.4, -0.2) is 32.0 Å². The summed E-state index contributed by atoms with van der Waals surface area (Å²) in [6.07, 6.45) is 1.32. The number of rotatable bonds is 1. The number of carbonyl (C=O) groups excluding carboxylic acids is 1. The molecule has 9 heavy (non-hydrogen) atoms. The van der Waals surface area contributed by atoms with Gasteiger partial charge in [-0.3, -0.25) is 0 Å². The van der Waals surface area contributed by atoms with Gasteiger partial charge in [-0.15, -0.1) is 0 Å². The lowest BCUT2D eigenvalue weighted by Gasteiger charge is -2.19. The monoisotopic (exact) mass is 147 g/mol. The molecule has 0 radical (unpaired) electrons. The van der Waals surface area contributed by atoms with Crippen molar-refractivity contribution in [3.8, 4) is 0 Å². The Hall–Kier alpha value is -0.670. The summed E-state index contributed by atoms with van der Waals surface area (Å²) >= 11 is 0. The van der Waals surface area contributed by atoms with Gasteiger partial charge in [0.25, 0.3) is 0 Å². The largest absolute Gasteiger partial charge is 0.235 e. The van der Waals surface area contributed by atoms with E-state index in [1.807, 2.05) is 0 Å². The first-order chi connectivity index (χ1) is 4.14. The Labute approximate surface area is 52.5 Å². The summed E-state index contributed by atoms with van der Waals surface area (Å²) in [4.78, 5) is 12.8. The summed E-state index contributed by atoms with van der Waals surface area (Å²) in [6, 6.07) is -0.313. The first kappa shape index (κ1) is 6.45. The molecule has 1 fully saturated rings. The van der Waals surface area contributed by atoms with Crippen molar-refractivity contribution in [1.29, 1.82) is 0 Å². The number of nitrogens with zero attached hydrogens (tertiary/aromatic N) is 1. The van der Waals surface area contributed by atoms with E-state index < -0.39 is 9.84 Å². The van der Waals surface area contributed by atoms with Crippen molar-refractivity contribution in [2.24, 2.45) is 4.99 Å². The van der Waals surface area contributed by atoms with Crippen LogP contribution in [0.1, 0.15) is 0 Å². The van der Waals surface area contributed by atoms with E-state index >= 15 is 0 Å². The molecule has 1 heterocycles. The second-order valence-corrected chi connectivity index (χ2v) is 4.10. The SMILES string of the molecule is O=C=NC1CS(=O)(=O)C1. The van der Waals surface area contributed by atoms with Crippen LogP contribution in [0, 0.1) is 0 Å². The number of isocyanates is 1. The third-order valence-electron chi connectivity index (χ3n) is 1.13. The van der Waals surface area contributed by atoms with E-state index in [4.69, 9.17) is 0 Å². The third-order valence-corrected chi connectivity index (χ3v) is 2.91. The Morgan fingerprint density at radius 1 is 1.44 bits per heavy atom. The molecular formula is C4H5NO3S. The highest BCUT2D eigenvalue weighted by Gasteiger charge is 2.32. The molecule has 5 heteroatoms. The van der Waals surface area contributed by atoms with Crippen molar-refractivity contribution in [2.75, 3.05) is 11.5 Å². The van der Waals surface area contributed by atoms with Crippen molar-refractivity contribution in [3.05, 3.63) is 0 Å². The minimum absolute atomic E-state index is 0.0161. The molecule has 1 aliphatic rings. The molecule has 0 saturated carbocycles. The Bertz CT molecular complexity index is 237. The topological polar surface area (TPSA) is 63.6 Å². The highest BCUT2D eigenvalue weighted by molar-refractivity contribution is 7.92. The smallest absolute Gasteiger partial charge is 0.229 e. The Morgan fingerprint density at radius 3 is 2.33 bits per heavy atom. The van der Waals surface area contributed by atoms with Gasteiger partial charge in [-0.1, -0.05) is 0 Å². The van der Waals surface area contributed by atoms with E-state index in [1.54, 1.807) is 0 Å². The molecule has 0 bridgehead atoms. The second kappa shape index (κ2) is 1.93. The number of aliphatic imine (C=N–C) groups is 1. The standard InChI is InChI=1S/C4H5NO3S/c6-3-5-4-1-9(7,8)2-4/h4H,1-2H2. The van der Waals surface area contributed by atoms with Gasteiger partial charge in [-0.2, -0.15) is 0 Å². The van der Waals surface area contributed by atoms with Crippen LogP contribution in [0.4, 0.5) is 0 Å². The van der Waals surface area contributed by atoms with Gasteiger partial charge in [0.1, 0.15) is 0 Å². The van der Waals surface area contributed by atoms with Gasteiger partial charge in [0.2, 0.25) is 6.08 Å². The summed E-state index contributed by atoms with van der Waals surface area (Å²) < 4.78 is 20.8. The lowest BCUT2D eigenvalue weighted by atomic mass is 10.4. The lowest BCUT2D eigenvalue weighted by Crippen LogP contribution is -2.39. The van der Waals surface area contributed by atoms with Gasteiger partial charge in [0.15, 0.2) is 9.84 Å². The zero-order valence-electron chi connectivity index (χ0n) is 4.57.